The molecule has 0 bridgehead atoms. The van der Waals surface area contributed by atoms with Crippen LogP contribution in [0.2, 0.25) is 0 Å². The lowest BCUT2D eigenvalue weighted by Gasteiger charge is -2.16. The van der Waals surface area contributed by atoms with Gasteiger partial charge in [-0.1, -0.05) is 54.6 Å². The lowest BCUT2D eigenvalue weighted by atomic mass is 10.0. The quantitative estimate of drug-likeness (QED) is 0.735. The van der Waals surface area contributed by atoms with Gasteiger partial charge in [0.25, 0.3) is 0 Å². The van der Waals surface area contributed by atoms with Gasteiger partial charge in [0.2, 0.25) is 0 Å². The second kappa shape index (κ2) is 6.63. The second-order valence-electron chi connectivity index (χ2n) is 5.52. The van der Waals surface area contributed by atoms with Crippen LogP contribution in [0.3, 0.4) is 0 Å². The first-order chi connectivity index (χ1) is 10.8. The normalized spacial score (nSPS) is 12.3. The van der Waals surface area contributed by atoms with Crippen molar-refractivity contribution in [3.05, 3.63) is 77.9 Å². The van der Waals surface area contributed by atoms with E-state index in [1.807, 2.05) is 12.1 Å². The molecular weight excluding hydrogens is 270 g/mol. The molecule has 112 valence electrons. The van der Waals surface area contributed by atoms with Crippen molar-refractivity contribution in [3.63, 3.8) is 0 Å². The van der Waals surface area contributed by atoms with Crippen molar-refractivity contribution in [1.29, 1.82) is 0 Å². The van der Waals surface area contributed by atoms with E-state index in [4.69, 9.17) is 4.74 Å². The number of benzene rings is 3. The van der Waals surface area contributed by atoms with Gasteiger partial charge in [-0.25, -0.2) is 0 Å². The third kappa shape index (κ3) is 3.12. The van der Waals surface area contributed by atoms with Crippen LogP contribution in [-0.4, -0.2) is 7.11 Å². The summed E-state index contributed by atoms with van der Waals surface area (Å²) in [5.74, 6) is 0.899. The third-order valence-corrected chi connectivity index (χ3v) is 4.07. The first kappa shape index (κ1) is 14.6. The first-order valence-corrected chi connectivity index (χ1v) is 7.62. The van der Waals surface area contributed by atoms with E-state index in [2.05, 4.69) is 66.8 Å². The van der Waals surface area contributed by atoms with Crippen molar-refractivity contribution >= 4 is 10.8 Å². The first-order valence-electron chi connectivity index (χ1n) is 7.62. The van der Waals surface area contributed by atoms with E-state index in [-0.39, 0.29) is 6.04 Å². The van der Waals surface area contributed by atoms with E-state index in [0.29, 0.717) is 0 Å². The number of fused-ring (bicyclic) bond motifs is 1. The van der Waals surface area contributed by atoms with Crippen molar-refractivity contribution in [2.45, 2.75) is 19.5 Å². The number of rotatable bonds is 5. The van der Waals surface area contributed by atoms with Crippen molar-refractivity contribution < 1.29 is 4.74 Å². The highest BCUT2D eigenvalue weighted by Gasteiger charge is 2.07. The molecule has 1 unspecified atom stereocenters. The minimum atomic E-state index is 0.272. The van der Waals surface area contributed by atoms with E-state index in [1.165, 1.54) is 21.9 Å². The number of hydrogen-bond acceptors (Lipinski definition) is 2. The number of nitrogens with one attached hydrogen (secondary N) is 1. The monoisotopic (exact) mass is 291 g/mol. The van der Waals surface area contributed by atoms with Gasteiger partial charge in [-0.05, 0) is 41.0 Å². The minimum absolute atomic E-state index is 0.272. The topological polar surface area (TPSA) is 21.3 Å². The zero-order chi connectivity index (χ0) is 15.4. The van der Waals surface area contributed by atoms with Crippen LogP contribution in [0.25, 0.3) is 10.8 Å². The molecule has 0 spiro atoms. The maximum absolute atomic E-state index is 5.30. The Kier molecular flexibility index (Phi) is 4.40. The molecule has 0 heterocycles. The lowest BCUT2D eigenvalue weighted by Crippen LogP contribution is -2.18. The summed E-state index contributed by atoms with van der Waals surface area (Å²) in [7, 11) is 1.70. The molecule has 2 heteroatoms. The molecule has 1 N–H and O–H groups in total. The van der Waals surface area contributed by atoms with Crippen LogP contribution in [0, 0.1) is 0 Å². The largest absolute Gasteiger partial charge is 0.497 e. The SMILES string of the molecule is COc1cccc(C(C)NCc2cccc3ccccc23)c1. The highest BCUT2D eigenvalue weighted by atomic mass is 16.5. The van der Waals surface area contributed by atoms with Crippen LogP contribution in [0.15, 0.2) is 66.7 Å². The fourth-order valence-electron chi connectivity index (χ4n) is 2.74. The summed E-state index contributed by atoms with van der Waals surface area (Å²) in [6, 6.07) is 23.5. The van der Waals surface area contributed by atoms with Crippen molar-refractivity contribution in [3.8, 4) is 5.75 Å². The van der Waals surface area contributed by atoms with Gasteiger partial charge >= 0.3 is 0 Å². The molecule has 2 nitrogen and oxygen atoms in total. The maximum Gasteiger partial charge on any atom is 0.119 e. The van der Waals surface area contributed by atoms with Gasteiger partial charge in [0, 0.05) is 12.6 Å². The van der Waals surface area contributed by atoms with Crippen LogP contribution in [0.1, 0.15) is 24.1 Å². The summed E-state index contributed by atoms with van der Waals surface area (Å²) >= 11 is 0. The van der Waals surface area contributed by atoms with E-state index >= 15 is 0 Å². The molecule has 0 saturated heterocycles. The van der Waals surface area contributed by atoms with Crippen LogP contribution < -0.4 is 10.1 Å². The van der Waals surface area contributed by atoms with Crippen LogP contribution in [0.5, 0.6) is 5.75 Å². The Morgan fingerprint density at radius 3 is 2.59 bits per heavy atom. The highest BCUT2D eigenvalue weighted by Crippen LogP contribution is 2.21. The second-order valence-corrected chi connectivity index (χ2v) is 5.52. The molecule has 22 heavy (non-hydrogen) atoms. The lowest BCUT2D eigenvalue weighted by molar-refractivity contribution is 0.413. The Hall–Kier alpha value is -2.32. The fourth-order valence-corrected chi connectivity index (χ4v) is 2.74. The maximum atomic E-state index is 5.30. The summed E-state index contributed by atoms with van der Waals surface area (Å²) in [4.78, 5) is 0. The van der Waals surface area contributed by atoms with Gasteiger partial charge in [0.1, 0.15) is 5.75 Å². The van der Waals surface area contributed by atoms with E-state index in [1.54, 1.807) is 7.11 Å². The van der Waals surface area contributed by atoms with Gasteiger partial charge in [0.15, 0.2) is 0 Å². The third-order valence-electron chi connectivity index (χ3n) is 4.07. The Morgan fingerprint density at radius 2 is 1.73 bits per heavy atom. The predicted octanol–water partition coefficient (Wildman–Crippen LogP) is 4.70. The summed E-state index contributed by atoms with van der Waals surface area (Å²) in [5, 5.41) is 6.21. The average Bonchev–Trinajstić information content (AvgIpc) is 2.59. The average molecular weight is 291 g/mol. The van der Waals surface area contributed by atoms with E-state index in [0.717, 1.165) is 12.3 Å². The number of hydrogen-bond donors (Lipinski definition) is 1. The smallest absolute Gasteiger partial charge is 0.119 e. The molecule has 0 saturated carbocycles. The standard InChI is InChI=1S/C20H21NO/c1-15(17-9-6-11-19(13-17)22-2)21-14-18-10-5-8-16-7-3-4-12-20(16)18/h3-13,15,21H,14H2,1-2H3. The zero-order valence-electron chi connectivity index (χ0n) is 13.0. The molecule has 0 amide bonds. The van der Waals surface area contributed by atoms with Crippen molar-refractivity contribution in [1.82, 2.24) is 5.32 Å². The Morgan fingerprint density at radius 1 is 0.955 bits per heavy atom. The molecule has 0 radical (unpaired) electrons. The molecule has 0 aliphatic carbocycles. The van der Waals surface area contributed by atoms with Gasteiger partial charge in [0.05, 0.1) is 7.11 Å². The van der Waals surface area contributed by atoms with E-state index in [9.17, 15) is 0 Å². The number of ether oxygens (including phenoxy) is 1. The summed E-state index contributed by atoms with van der Waals surface area (Å²) in [6.45, 7) is 3.03. The molecule has 0 fully saturated rings. The Labute approximate surface area is 131 Å². The van der Waals surface area contributed by atoms with Crippen molar-refractivity contribution in [2.24, 2.45) is 0 Å². The fraction of sp³-hybridized carbons (Fsp3) is 0.200. The van der Waals surface area contributed by atoms with Gasteiger partial charge in [-0.15, -0.1) is 0 Å². The summed E-state index contributed by atoms with van der Waals surface area (Å²) in [6.07, 6.45) is 0. The molecule has 3 aromatic carbocycles. The molecule has 3 rings (SSSR count). The van der Waals surface area contributed by atoms with Crippen molar-refractivity contribution in [2.75, 3.05) is 7.11 Å². The zero-order valence-corrected chi connectivity index (χ0v) is 13.0. The van der Waals surface area contributed by atoms with Crippen LogP contribution in [0.4, 0.5) is 0 Å². The van der Waals surface area contributed by atoms with Crippen LogP contribution >= 0.6 is 0 Å². The molecule has 1 atom stereocenters. The molecule has 0 aliphatic heterocycles. The van der Waals surface area contributed by atoms with Gasteiger partial charge in [-0.2, -0.15) is 0 Å². The summed E-state index contributed by atoms with van der Waals surface area (Å²) in [5.41, 5.74) is 2.56. The summed E-state index contributed by atoms with van der Waals surface area (Å²) < 4.78 is 5.30. The van der Waals surface area contributed by atoms with Gasteiger partial charge < -0.3 is 10.1 Å². The Balaban J connectivity index is 1.76. The highest BCUT2D eigenvalue weighted by molar-refractivity contribution is 5.85. The van der Waals surface area contributed by atoms with Crippen LogP contribution in [-0.2, 0) is 6.54 Å². The molecule has 3 aromatic rings. The molecule has 0 aromatic heterocycles. The predicted molar refractivity (Wildman–Crippen MR) is 92.2 cm³/mol. The van der Waals surface area contributed by atoms with Gasteiger partial charge in [-0.3, -0.25) is 0 Å². The molecular formula is C20H21NO. The number of methoxy groups -OCH3 is 1. The minimum Gasteiger partial charge on any atom is -0.497 e. The Bertz CT molecular complexity index is 761. The molecule has 0 aliphatic rings. The van der Waals surface area contributed by atoms with E-state index < -0.39 is 0 Å².